The van der Waals surface area contributed by atoms with Gasteiger partial charge in [0.05, 0.1) is 6.04 Å². The molecule has 0 aliphatic carbocycles. The van der Waals surface area contributed by atoms with Gasteiger partial charge in [-0.25, -0.2) is 0 Å². The molecule has 2 nitrogen and oxygen atoms in total. The molecular weight excluding hydrogens is 276 g/mol. The summed E-state index contributed by atoms with van der Waals surface area (Å²) in [5.74, 6) is 0. The van der Waals surface area contributed by atoms with Gasteiger partial charge < -0.3 is 5.32 Å². The van der Waals surface area contributed by atoms with Gasteiger partial charge in [0, 0.05) is 0 Å². The van der Waals surface area contributed by atoms with E-state index in [0.717, 1.165) is 5.17 Å². The molecule has 0 aromatic heterocycles. The number of benzene rings is 2. The van der Waals surface area contributed by atoms with Gasteiger partial charge in [-0.2, -0.15) is 0 Å². The molecule has 2 unspecified atom stereocenters. The van der Waals surface area contributed by atoms with Crippen molar-refractivity contribution in [2.75, 3.05) is 6.26 Å². The molecule has 108 valence electrons. The molecule has 0 fully saturated rings. The Hall–Kier alpha value is -1.74. The molecule has 0 saturated heterocycles. The maximum absolute atomic E-state index is 4.87. The third-order valence-corrected chi connectivity index (χ3v) is 4.44. The van der Waals surface area contributed by atoms with E-state index in [1.807, 2.05) is 0 Å². The van der Waals surface area contributed by atoms with Crippen LogP contribution in [0.15, 0.2) is 53.5 Å². The quantitative estimate of drug-likeness (QED) is 0.888. The van der Waals surface area contributed by atoms with Crippen LogP contribution in [0, 0.1) is 13.8 Å². The summed E-state index contributed by atoms with van der Waals surface area (Å²) in [4.78, 5) is 4.87. The highest BCUT2D eigenvalue weighted by molar-refractivity contribution is 8.13. The number of hydrogen-bond donors (Lipinski definition) is 1. The van der Waals surface area contributed by atoms with Gasteiger partial charge in [0.15, 0.2) is 5.17 Å². The fraction of sp³-hybridized carbons (Fsp3) is 0.278. The molecule has 1 N–H and O–H groups in total. The Kier molecular flexibility index (Phi) is 4.02. The normalized spacial score (nSPS) is 21.0. The second-order valence-electron chi connectivity index (χ2n) is 5.53. The predicted octanol–water partition coefficient (Wildman–Crippen LogP) is 4.41. The van der Waals surface area contributed by atoms with E-state index in [4.69, 9.17) is 4.99 Å². The van der Waals surface area contributed by atoms with Gasteiger partial charge in [-0.3, -0.25) is 4.99 Å². The highest BCUT2D eigenvalue weighted by atomic mass is 32.2. The van der Waals surface area contributed by atoms with E-state index in [-0.39, 0.29) is 12.1 Å². The summed E-state index contributed by atoms with van der Waals surface area (Å²) in [6.45, 7) is 4.27. The molecule has 0 amide bonds. The van der Waals surface area contributed by atoms with Crippen molar-refractivity contribution in [3.8, 4) is 0 Å². The van der Waals surface area contributed by atoms with Crippen molar-refractivity contribution in [2.24, 2.45) is 4.99 Å². The third kappa shape index (κ3) is 2.98. The molecule has 0 spiro atoms. The van der Waals surface area contributed by atoms with Crippen LogP contribution in [0.2, 0.25) is 0 Å². The number of amidine groups is 1. The zero-order valence-corrected chi connectivity index (χ0v) is 13.4. The Morgan fingerprint density at radius 3 is 2.19 bits per heavy atom. The smallest absolute Gasteiger partial charge is 0.157 e. The van der Waals surface area contributed by atoms with Gasteiger partial charge in [0.2, 0.25) is 0 Å². The Morgan fingerprint density at radius 1 is 0.952 bits per heavy atom. The summed E-state index contributed by atoms with van der Waals surface area (Å²) in [5.41, 5.74) is 5.14. The minimum absolute atomic E-state index is 0.147. The van der Waals surface area contributed by atoms with Crippen molar-refractivity contribution in [1.82, 2.24) is 5.32 Å². The second kappa shape index (κ2) is 5.94. The van der Waals surface area contributed by atoms with Gasteiger partial charge in [0.25, 0.3) is 0 Å². The van der Waals surface area contributed by atoms with Crippen LogP contribution >= 0.6 is 11.8 Å². The first-order valence-electron chi connectivity index (χ1n) is 7.19. The maximum atomic E-state index is 4.87. The topological polar surface area (TPSA) is 24.4 Å². The van der Waals surface area contributed by atoms with Crippen molar-refractivity contribution in [1.29, 1.82) is 0 Å². The van der Waals surface area contributed by atoms with Crippen molar-refractivity contribution in [3.05, 3.63) is 70.8 Å². The maximum Gasteiger partial charge on any atom is 0.157 e. The Balaban J connectivity index is 2.00. The molecule has 0 radical (unpaired) electrons. The van der Waals surface area contributed by atoms with Gasteiger partial charge >= 0.3 is 0 Å². The summed E-state index contributed by atoms with van der Waals surface area (Å²) < 4.78 is 0. The van der Waals surface area contributed by atoms with Crippen LogP contribution < -0.4 is 5.32 Å². The van der Waals surface area contributed by atoms with Crippen LogP contribution in [-0.4, -0.2) is 11.4 Å². The molecular formula is C18H20N2S. The predicted molar refractivity (Wildman–Crippen MR) is 91.9 cm³/mol. The van der Waals surface area contributed by atoms with E-state index >= 15 is 0 Å². The fourth-order valence-corrected chi connectivity index (χ4v) is 3.28. The average molecular weight is 296 g/mol. The number of aliphatic imine (C=N–C) groups is 1. The molecule has 1 heterocycles. The lowest BCUT2D eigenvalue weighted by atomic mass is 9.93. The lowest BCUT2D eigenvalue weighted by Crippen LogP contribution is -2.22. The monoisotopic (exact) mass is 296 g/mol. The average Bonchev–Trinajstić information content (AvgIpc) is 2.91. The molecule has 2 atom stereocenters. The van der Waals surface area contributed by atoms with Gasteiger partial charge in [0.1, 0.15) is 6.04 Å². The zero-order valence-electron chi connectivity index (χ0n) is 12.6. The minimum atomic E-state index is 0.147. The number of aryl methyl sites for hydroxylation is 2. The zero-order chi connectivity index (χ0) is 14.8. The van der Waals surface area contributed by atoms with Crippen LogP contribution in [0.3, 0.4) is 0 Å². The highest BCUT2D eigenvalue weighted by Crippen LogP contribution is 2.37. The van der Waals surface area contributed by atoms with Crippen LogP contribution in [0.25, 0.3) is 0 Å². The van der Waals surface area contributed by atoms with Gasteiger partial charge in [-0.1, -0.05) is 71.4 Å². The summed E-state index contributed by atoms with van der Waals surface area (Å²) in [5, 5.41) is 4.59. The molecule has 0 bridgehead atoms. The number of nitrogens with zero attached hydrogens (tertiary/aromatic N) is 1. The van der Waals surface area contributed by atoms with Crippen LogP contribution in [0.4, 0.5) is 0 Å². The van der Waals surface area contributed by atoms with E-state index in [1.165, 1.54) is 22.3 Å². The van der Waals surface area contributed by atoms with Crippen molar-refractivity contribution < 1.29 is 0 Å². The standard InChI is InChI=1S/C18H20N2S/c1-12-6-4-8-14(10-12)16-17(20-18(19-16)21-3)15-9-5-7-13(2)11-15/h4-11,16-17H,1-3H3,(H,19,20). The lowest BCUT2D eigenvalue weighted by molar-refractivity contribution is 0.572. The van der Waals surface area contributed by atoms with E-state index < -0.39 is 0 Å². The summed E-state index contributed by atoms with van der Waals surface area (Å²) >= 11 is 1.68. The number of nitrogens with one attached hydrogen (secondary N) is 1. The fourth-order valence-electron chi connectivity index (χ4n) is 2.81. The SMILES string of the molecule is CSC1=NC(c2cccc(C)c2)C(c2cccc(C)c2)N1. The lowest BCUT2D eigenvalue weighted by Gasteiger charge is -2.20. The largest absolute Gasteiger partial charge is 0.356 e. The van der Waals surface area contributed by atoms with Crippen molar-refractivity contribution in [2.45, 2.75) is 25.9 Å². The number of hydrogen-bond acceptors (Lipinski definition) is 3. The van der Waals surface area contributed by atoms with Crippen LogP contribution in [0.5, 0.6) is 0 Å². The molecule has 2 aromatic carbocycles. The van der Waals surface area contributed by atoms with Gasteiger partial charge in [-0.15, -0.1) is 0 Å². The molecule has 21 heavy (non-hydrogen) atoms. The highest BCUT2D eigenvalue weighted by Gasteiger charge is 2.30. The summed E-state index contributed by atoms with van der Waals surface area (Å²) in [6.07, 6.45) is 2.07. The first kappa shape index (κ1) is 14.2. The molecule has 2 aromatic rings. The van der Waals surface area contributed by atoms with Crippen LogP contribution in [0.1, 0.15) is 34.3 Å². The third-order valence-electron chi connectivity index (χ3n) is 3.83. The first-order valence-corrected chi connectivity index (χ1v) is 8.41. The summed E-state index contributed by atoms with van der Waals surface area (Å²) in [6, 6.07) is 17.7. The molecule has 1 aliphatic rings. The van der Waals surface area contributed by atoms with E-state index in [2.05, 4.69) is 74.0 Å². The van der Waals surface area contributed by atoms with E-state index in [0.29, 0.717) is 0 Å². The van der Waals surface area contributed by atoms with Crippen molar-refractivity contribution in [3.63, 3.8) is 0 Å². The molecule has 0 saturated carbocycles. The minimum Gasteiger partial charge on any atom is -0.356 e. The Labute approximate surface area is 130 Å². The van der Waals surface area contributed by atoms with E-state index in [9.17, 15) is 0 Å². The number of rotatable bonds is 2. The molecule has 1 aliphatic heterocycles. The van der Waals surface area contributed by atoms with Crippen molar-refractivity contribution >= 4 is 16.9 Å². The molecule has 3 rings (SSSR count). The van der Waals surface area contributed by atoms with Crippen LogP contribution in [-0.2, 0) is 0 Å². The van der Waals surface area contributed by atoms with E-state index in [1.54, 1.807) is 11.8 Å². The Morgan fingerprint density at radius 2 is 1.57 bits per heavy atom. The Bertz CT molecular complexity index is 678. The summed E-state index contributed by atoms with van der Waals surface area (Å²) in [7, 11) is 0. The number of thioether (sulfide) groups is 1. The molecule has 3 heteroatoms. The van der Waals surface area contributed by atoms with Gasteiger partial charge in [-0.05, 0) is 31.2 Å². The second-order valence-corrected chi connectivity index (χ2v) is 6.33. The first-order chi connectivity index (χ1) is 10.2.